The number of hydrogen-bond donors (Lipinski definition) is 1. The predicted octanol–water partition coefficient (Wildman–Crippen LogP) is 5.38. The van der Waals surface area contributed by atoms with E-state index in [4.69, 9.17) is 4.42 Å². The molecule has 0 radical (unpaired) electrons. The Bertz CT molecular complexity index is 1410. The second-order valence-electron chi connectivity index (χ2n) is 10.3. The number of aryl methyl sites for hydroxylation is 3. The molecule has 1 N–H and O–H groups in total. The zero-order valence-corrected chi connectivity index (χ0v) is 20.4. The summed E-state index contributed by atoms with van der Waals surface area (Å²) in [4.78, 5) is 2.67. The molecule has 36 heavy (non-hydrogen) atoms. The molecule has 7 heteroatoms. The molecule has 2 aromatic heterocycles. The molecule has 4 aromatic rings. The molecule has 1 unspecified atom stereocenters. The largest absolute Gasteiger partial charge is 0.401 e. The number of anilines is 2. The first-order chi connectivity index (χ1) is 17.8. The van der Waals surface area contributed by atoms with Gasteiger partial charge in [0.25, 0.3) is 5.89 Å². The minimum Gasteiger partial charge on any atom is -0.401 e. The maximum absolute atomic E-state index is 5.97. The number of fused-ring (bicyclic) bond motifs is 4. The molecule has 1 saturated heterocycles. The first-order valence-corrected chi connectivity index (χ1v) is 13.2. The lowest BCUT2D eigenvalue weighted by Crippen LogP contribution is -2.37. The van der Waals surface area contributed by atoms with Gasteiger partial charge >= 0.3 is 6.01 Å². The Labute approximate surface area is 211 Å². The third kappa shape index (κ3) is 4.07. The number of hydrogen-bond acceptors (Lipinski definition) is 7. The van der Waals surface area contributed by atoms with Crippen molar-refractivity contribution in [2.45, 2.75) is 57.4 Å². The quantitative estimate of drug-likeness (QED) is 0.422. The fourth-order valence-electron chi connectivity index (χ4n) is 6.13. The number of nitrogens with zero attached hydrogens (tertiary/aromatic N) is 5. The number of likely N-dealkylation sites (tertiary alicyclic amines) is 1. The van der Waals surface area contributed by atoms with Crippen LogP contribution in [0.15, 0.2) is 52.9 Å². The fourth-order valence-corrected chi connectivity index (χ4v) is 6.13. The van der Waals surface area contributed by atoms with Gasteiger partial charge in [-0.05, 0) is 105 Å². The van der Waals surface area contributed by atoms with Gasteiger partial charge in [-0.3, -0.25) is 0 Å². The Morgan fingerprint density at radius 3 is 2.61 bits per heavy atom. The molecule has 1 aliphatic heterocycles. The van der Waals surface area contributed by atoms with Crippen molar-refractivity contribution in [3.63, 3.8) is 0 Å². The smallest absolute Gasteiger partial charge is 0.320 e. The summed E-state index contributed by atoms with van der Waals surface area (Å²) in [7, 11) is 0. The summed E-state index contributed by atoms with van der Waals surface area (Å²) in [6.07, 6.45) is 9.31. The van der Waals surface area contributed by atoms with Gasteiger partial charge in [-0.2, -0.15) is 0 Å². The van der Waals surface area contributed by atoms with Gasteiger partial charge in [0.05, 0.1) is 5.69 Å². The summed E-state index contributed by atoms with van der Waals surface area (Å²) in [6.45, 7) is 2.50. The van der Waals surface area contributed by atoms with Crippen LogP contribution in [0.1, 0.15) is 47.9 Å². The Balaban J connectivity index is 1.10. The van der Waals surface area contributed by atoms with Crippen LogP contribution in [0, 0.1) is 0 Å². The van der Waals surface area contributed by atoms with E-state index >= 15 is 0 Å². The van der Waals surface area contributed by atoms with E-state index in [0.29, 0.717) is 23.6 Å². The van der Waals surface area contributed by atoms with E-state index in [2.05, 4.69) is 79.1 Å². The molecule has 3 aliphatic rings. The van der Waals surface area contributed by atoms with Crippen LogP contribution in [-0.2, 0) is 25.7 Å². The van der Waals surface area contributed by atoms with Crippen molar-refractivity contribution in [2.24, 2.45) is 0 Å². The van der Waals surface area contributed by atoms with Crippen LogP contribution >= 0.6 is 0 Å². The molecule has 3 heterocycles. The summed E-state index contributed by atoms with van der Waals surface area (Å²) in [5, 5.41) is 20.8. The van der Waals surface area contributed by atoms with E-state index in [9.17, 15) is 0 Å². The molecule has 0 spiro atoms. The fraction of sp³-hybridized carbons (Fsp3) is 0.379. The molecule has 0 amide bonds. The van der Waals surface area contributed by atoms with Gasteiger partial charge in [0, 0.05) is 17.3 Å². The number of benzene rings is 2. The van der Waals surface area contributed by atoms with Crippen LogP contribution < -0.4 is 5.32 Å². The highest BCUT2D eigenvalue weighted by Crippen LogP contribution is 2.33. The Morgan fingerprint density at radius 1 is 0.778 bits per heavy atom. The first-order valence-electron chi connectivity index (χ1n) is 13.2. The van der Waals surface area contributed by atoms with Crippen LogP contribution in [0.5, 0.6) is 0 Å². The minimum absolute atomic E-state index is 0.374. The maximum atomic E-state index is 5.97. The minimum atomic E-state index is 0.374. The Hall–Kier alpha value is -3.58. The van der Waals surface area contributed by atoms with Crippen molar-refractivity contribution in [3.05, 3.63) is 70.8 Å². The summed E-state index contributed by atoms with van der Waals surface area (Å²) in [6, 6.07) is 18.2. The SMILES string of the molecule is c1ccc2c(c1)CCCc1cc(-c3nnc(Nc4ccc5c(c4)CC(N4CCCC4)CC5)o3)nnc1-2. The zero-order chi connectivity index (χ0) is 23.9. The zero-order valence-electron chi connectivity index (χ0n) is 20.4. The molecule has 0 bridgehead atoms. The molecule has 2 aromatic carbocycles. The normalized spacial score (nSPS) is 19.3. The van der Waals surface area contributed by atoms with Crippen molar-refractivity contribution >= 4 is 11.7 Å². The average Bonchev–Trinajstić information content (AvgIpc) is 3.58. The van der Waals surface area contributed by atoms with Gasteiger partial charge in [0.1, 0.15) is 0 Å². The first kappa shape index (κ1) is 21.7. The lowest BCUT2D eigenvalue weighted by Gasteiger charge is -2.32. The van der Waals surface area contributed by atoms with Crippen molar-refractivity contribution in [1.82, 2.24) is 25.3 Å². The maximum Gasteiger partial charge on any atom is 0.320 e. The van der Waals surface area contributed by atoms with Gasteiger partial charge in [0.15, 0.2) is 5.69 Å². The van der Waals surface area contributed by atoms with E-state index in [1.807, 2.05) is 0 Å². The summed E-state index contributed by atoms with van der Waals surface area (Å²) >= 11 is 0. The molecular formula is C29H30N6O. The van der Waals surface area contributed by atoms with E-state index in [-0.39, 0.29) is 0 Å². The van der Waals surface area contributed by atoms with E-state index in [0.717, 1.165) is 43.5 Å². The third-order valence-electron chi connectivity index (χ3n) is 8.00. The van der Waals surface area contributed by atoms with E-state index in [1.165, 1.54) is 60.2 Å². The van der Waals surface area contributed by atoms with E-state index in [1.54, 1.807) is 0 Å². The number of aromatic nitrogens is 4. The monoisotopic (exact) mass is 478 g/mol. The Kier molecular flexibility index (Phi) is 5.50. The summed E-state index contributed by atoms with van der Waals surface area (Å²) in [5.41, 5.74) is 9.15. The second-order valence-corrected chi connectivity index (χ2v) is 10.3. The average molecular weight is 479 g/mol. The molecule has 7 nitrogen and oxygen atoms in total. The molecule has 1 fully saturated rings. The molecular weight excluding hydrogens is 448 g/mol. The number of nitrogens with one attached hydrogen (secondary N) is 1. The van der Waals surface area contributed by atoms with Crippen LogP contribution in [0.2, 0.25) is 0 Å². The lowest BCUT2D eigenvalue weighted by molar-refractivity contribution is 0.222. The van der Waals surface area contributed by atoms with Crippen LogP contribution in [-0.4, -0.2) is 44.4 Å². The Morgan fingerprint density at radius 2 is 1.67 bits per heavy atom. The molecule has 182 valence electrons. The molecule has 7 rings (SSSR count). The summed E-state index contributed by atoms with van der Waals surface area (Å²) < 4.78 is 5.97. The van der Waals surface area contributed by atoms with Crippen LogP contribution in [0.25, 0.3) is 22.8 Å². The second kappa shape index (κ2) is 9.13. The number of rotatable bonds is 4. The van der Waals surface area contributed by atoms with Gasteiger partial charge in [-0.1, -0.05) is 35.4 Å². The topological polar surface area (TPSA) is 80.0 Å². The molecule has 1 atom stereocenters. The molecule has 2 aliphatic carbocycles. The van der Waals surface area contributed by atoms with Gasteiger partial charge < -0.3 is 14.6 Å². The highest BCUT2D eigenvalue weighted by Gasteiger charge is 2.26. The van der Waals surface area contributed by atoms with Gasteiger partial charge in [-0.25, -0.2) is 0 Å². The third-order valence-corrected chi connectivity index (χ3v) is 8.00. The van der Waals surface area contributed by atoms with Crippen molar-refractivity contribution in [3.8, 4) is 22.8 Å². The summed E-state index contributed by atoms with van der Waals surface area (Å²) in [5.74, 6) is 0.386. The highest BCUT2D eigenvalue weighted by atomic mass is 16.4. The highest BCUT2D eigenvalue weighted by molar-refractivity contribution is 5.69. The van der Waals surface area contributed by atoms with Gasteiger partial charge in [0.2, 0.25) is 0 Å². The van der Waals surface area contributed by atoms with Crippen molar-refractivity contribution < 1.29 is 4.42 Å². The lowest BCUT2D eigenvalue weighted by atomic mass is 9.87. The van der Waals surface area contributed by atoms with Crippen molar-refractivity contribution in [2.75, 3.05) is 18.4 Å². The van der Waals surface area contributed by atoms with Gasteiger partial charge in [-0.15, -0.1) is 15.3 Å². The van der Waals surface area contributed by atoms with E-state index < -0.39 is 0 Å². The van der Waals surface area contributed by atoms with Crippen LogP contribution in [0.4, 0.5) is 11.7 Å². The molecule has 0 saturated carbocycles. The van der Waals surface area contributed by atoms with Crippen molar-refractivity contribution in [1.29, 1.82) is 0 Å². The standard InChI is InChI=1S/C29H30N6O/c1-2-9-25-20(6-1)7-5-8-21-18-26(31-32-27(21)25)28-33-34-29(36-28)30-23-12-10-19-11-13-24(17-22(19)16-23)35-14-3-4-15-35/h1-2,6,9-10,12,16,18,24H,3-5,7-8,11,13-15,17H2,(H,30,34). The predicted molar refractivity (Wildman–Crippen MR) is 139 cm³/mol. The van der Waals surface area contributed by atoms with Crippen LogP contribution in [0.3, 0.4) is 0 Å².